The number of ether oxygens (including phenoxy) is 2. The standard InChI is InChI=1S/C47H84NO10P/c1-3-5-7-9-11-13-15-17-19-20-21-22-23-25-26-28-30-32-34-36-38-45(49)55-40-43(41-56-59(53,54)57-42-44(48)47(51)52)58-46(50)39-37-35-33-31-29-27-24-18-16-14-12-10-8-6-4-2/h6,8,12,14,18,24,29,31,43-44H,3-5,7,9-11,13,15-17,19-23,25-28,30,32-42,48H2,1-2H3,(H,51,52)(H,53,54)/b8-6-,14-12-,24-18-,31-29-. The number of carboxylic acids is 1. The van der Waals surface area contributed by atoms with Gasteiger partial charge in [-0.05, 0) is 51.4 Å². The molecule has 0 spiro atoms. The van der Waals surface area contributed by atoms with E-state index in [1.807, 2.05) is 0 Å². The molecule has 0 aromatic heterocycles. The zero-order chi connectivity index (χ0) is 43.5. The first kappa shape index (κ1) is 56.4. The van der Waals surface area contributed by atoms with Gasteiger partial charge >= 0.3 is 25.7 Å². The highest BCUT2D eigenvalue weighted by Crippen LogP contribution is 2.43. The van der Waals surface area contributed by atoms with Crippen molar-refractivity contribution in [1.29, 1.82) is 0 Å². The van der Waals surface area contributed by atoms with Crippen LogP contribution in [0.5, 0.6) is 0 Å². The molecule has 0 heterocycles. The summed E-state index contributed by atoms with van der Waals surface area (Å²) in [6, 6.07) is -1.53. The lowest BCUT2D eigenvalue weighted by molar-refractivity contribution is -0.161. The number of carboxylic acid groups (broad SMARTS) is 1. The van der Waals surface area contributed by atoms with Crippen molar-refractivity contribution in [3.63, 3.8) is 0 Å². The van der Waals surface area contributed by atoms with Crippen molar-refractivity contribution in [3.8, 4) is 0 Å². The van der Waals surface area contributed by atoms with E-state index in [1.54, 1.807) is 0 Å². The van der Waals surface area contributed by atoms with Crippen LogP contribution >= 0.6 is 7.82 Å². The maximum absolute atomic E-state index is 12.6. The third kappa shape index (κ3) is 41.9. The van der Waals surface area contributed by atoms with E-state index >= 15 is 0 Å². The molecule has 342 valence electrons. The van der Waals surface area contributed by atoms with Crippen molar-refractivity contribution in [3.05, 3.63) is 48.6 Å². The van der Waals surface area contributed by atoms with Crippen LogP contribution in [0, 0.1) is 0 Å². The molecule has 12 heteroatoms. The minimum absolute atomic E-state index is 0.109. The Bertz CT molecular complexity index is 1190. The molecule has 3 unspecified atom stereocenters. The largest absolute Gasteiger partial charge is 0.480 e. The first-order valence-corrected chi connectivity index (χ1v) is 24.7. The summed E-state index contributed by atoms with van der Waals surface area (Å²) in [6.07, 6.45) is 47.6. The SMILES string of the molecule is CC/C=C\C/C=C\C/C=C\C/C=C\CCCCC(=O)OC(COC(=O)CCCCCCCCCCCCCCCCCCCCCC)COP(=O)(O)OCC(N)C(=O)O. The third-order valence-corrected chi connectivity index (χ3v) is 10.8. The lowest BCUT2D eigenvalue weighted by Gasteiger charge is -2.20. The van der Waals surface area contributed by atoms with Crippen molar-refractivity contribution in [2.45, 2.75) is 212 Å². The van der Waals surface area contributed by atoms with Gasteiger partial charge in [0.05, 0.1) is 13.2 Å². The van der Waals surface area contributed by atoms with Crippen molar-refractivity contribution in [1.82, 2.24) is 0 Å². The van der Waals surface area contributed by atoms with Crippen LogP contribution in [0.2, 0.25) is 0 Å². The van der Waals surface area contributed by atoms with Gasteiger partial charge in [-0.1, -0.05) is 184 Å². The molecule has 0 bridgehead atoms. The molecular formula is C47H84NO10P. The van der Waals surface area contributed by atoms with Gasteiger partial charge in [-0.25, -0.2) is 4.57 Å². The summed E-state index contributed by atoms with van der Waals surface area (Å²) in [5.74, 6) is -2.43. The van der Waals surface area contributed by atoms with Crippen LogP contribution in [-0.4, -0.2) is 59.9 Å². The molecule has 59 heavy (non-hydrogen) atoms. The summed E-state index contributed by atoms with van der Waals surface area (Å²) in [4.78, 5) is 46.0. The van der Waals surface area contributed by atoms with E-state index in [1.165, 1.54) is 103 Å². The Labute approximate surface area is 358 Å². The second-order valence-electron chi connectivity index (χ2n) is 15.5. The molecule has 0 saturated heterocycles. The second-order valence-corrected chi connectivity index (χ2v) is 17.0. The number of allylic oxidation sites excluding steroid dienone is 8. The average Bonchev–Trinajstić information content (AvgIpc) is 3.21. The predicted octanol–water partition coefficient (Wildman–Crippen LogP) is 12.6. The molecule has 0 aromatic carbocycles. The Morgan fingerprint density at radius 2 is 0.949 bits per heavy atom. The number of unbranched alkanes of at least 4 members (excludes halogenated alkanes) is 21. The smallest absolute Gasteiger partial charge is 0.472 e. The second kappa shape index (κ2) is 42.1. The zero-order valence-electron chi connectivity index (χ0n) is 37.1. The van der Waals surface area contributed by atoms with E-state index in [0.717, 1.165) is 57.8 Å². The number of nitrogens with two attached hydrogens (primary N) is 1. The fourth-order valence-corrected chi connectivity index (χ4v) is 7.01. The van der Waals surface area contributed by atoms with Crippen LogP contribution in [0.3, 0.4) is 0 Å². The maximum atomic E-state index is 12.6. The van der Waals surface area contributed by atoms with E-state index in [4.69, 9.17) is 24.8 Å². The summed E-state index contributed by atoms with van der Waals surface area (Å²) in [6.45, 7) is 2.66. The fourth-order valence-electron chi connectivity index (χ4n) is 6.23. The normalized spacial score (nSPS) is 14.1. The Hall–Kier alpha value is -2.56. The van der Waals surface area contributed by atoms with Crippen LogP contribution in [-0.2, 0) is 37.5 Å². The molecule has 0 aliphatic carbocycles. The maximum Gasteiger partial charge on any atom is 0.472 e. The number of hydrogen-bond donors (Lipinski definition) is 3. The molecule has 0 radical (unpaired) electrons. The Kier molecular flexibility index (Phi) is 40.3. The number of hydrogen-bond acceptors (Lipinski definition) is 9. The molecule has 0 amide bonds. The molecule has 0 saturated carbocycles. The van der Waals surface area contributed by atoms with Crippen LogP contribution in [0.15, 0.2) is 48.6 Å². The van der Waals surface area contributed by atoms with Gasteiger partial charge in [0, 0.05) is 12.8 Å². The molecular weight excluding hydrogens is 769 g/mol. The molecule has 3 atom stereocenters. The van der Waals surface area contributed by atoms with Gasteiger partial charge in [0.2, 0.25) is 0 Å². The van der Waals surface area contributed by atoms with Gasteiger partial charge in [0.25, 0.3) is 0 Å². The quantitative estimate of drug-likeness (QED) is 0.0231. The minimum Gasteiger partial charge on any atom is -0.480 e. The lowest BCUT2D eigenvalue weighted by Crippen LogP contribution is -2.34. The number of carbonyl (C=O) groups excluding carboxylic acids is 2. The number of rotatable bonds is 43. The Morgan fingerprint density at radius 1 is 0.542 bits per heavy atom. The van der Waals surface area contributed by atoms with Gasteiger partial charge in [0.1, 0.15) is 12.6 Å². The van der Waals surface area contributed by atoms with Crippen LogP contribution in [0.4, 0.5) is 0 Å². The highest BCUT2D eigenvalue weighted by molar-refractivity contribution is 7.47. The summed E-state index contributed by atoms with van der Waals surface area (Å²) < 4.78 is 32.7. The number of phosphoric ester groups is 1. The van der Waals surface area contributed by atoms with Gasteiger partial charge in [-0.15, -0.1) is 0 Å². The van der Waals surface area contributed by atoms with Crippen molar-refractivity contribution < 1.29 is 47.5 Å². The summed E-state index contributed by atoms with van der Waals surface area (Å²) in [5.41, 5.74) is 5.33. The number of carbonyl (C=O) groups is 3. The number of esters is 2. The molecule has 0 rings (SSSR count). The van der Waals surface area contributed by atoms with Crippen LogP contribution in [0.1, 0.15) is 200 Å². The molecule has 11 nitrogen and oxygen atoms in total. The van der Waals surface area contributed by atoms with E-state index < -0.39 is 51.1 Å². The summed E-state index contributed by atoms with van der Waals surface area (Å²) in [7, 11) is -4.73. The monoisotopic (exact) mass is 854 g/mol. The summed E-state index contributed by atoms with van der Waals surface area (Å²) in [5, 5.41) is 8.90. The van der Waals surface area contributed by atoms with Crippen LogP contribution in [0.25, 0.3) is 0 Å². The molecule has 0 fully saturated rings. The molecule has 0 aliphatic heterocycles. The van der Waals surface area contributed by atoms with E-state index in [2.05, 4.69) is 67.0 Å². The number of phosphoric acid groups is 1. The molecule has 0 aliphatic rings. The average molecular weight is 854 g/mol. The zero-order valence-corrected chi connectivity index (χ0v) is 38.0. The highest BCUT2D eigenvalue weighted by atomic mass is 31.2. The minimum atomic E-state index is -4.73. The molecule has 0 aromatic rings. The predicted molar refractivity (Wildman–Crippen MR) is 240 cm³/mol. The number of aliphatic carboxylic acids is 1. The van der Waals surface area contributed by atoms with E-state index in [9.17, 15) is 23.8 Å². The highest BCUT2D eigenvalue weighted by Gasteiger charge is 2.28. The van der Waals surface area contributed by atoms with E-state index in [-0.39, 0.29) is 19.4 Å². The van der Waals surface area contributed by atoms with Crippen molar-refractivity contribution in [2.24, 2.45) is 5.73 Å². The van der Waals surface area contributed by atoms with Gasteiger partial charge in [-0.3, -0.25) is 23.4 Å². The van der Waals surface area contributed by atoms with Crippen molar-refractivity contribution in [2.75, 3.05) is 19.8 Å². The lowest BCUT2D eigenvalue weighted by atomic mass is 10.0. The Balaban J connectivity index is 4.32. The molecule has 4 N–H and O–H groups in total. The first-order valence-electron chi connectivity index (χ1n) is 23.2. The van der Waals surface area contributed by atoms with Gasteiger partial charge in [-0.2, -0.15) is 0 Å². The van der Waals surface area contributed by atoms with Crippen LogP contribution < -0.4 is 5.73 Å². The first-order chi connectivity index (χ1) is 28.6. The van der Waals surface area contributed by atoms with Gasteiger partial charge < -0.3 is 25.2 Å². The summed E-state index contributed by atoms with van der Waals surface area (Å²) >= 11 is 0. The third-order valence-electron chi connectivity index (χ3n) is 9.84. The van der Waals surface area contributed by atoms with Crippen molar-refractivity contribution >= 4 is 25.7 Å². The fraction of sp³-hybridized carbons (Fsp3) is 0.766. The Morgan fingerprint density at radius 3 is 1.42 bits per heavy atom. The van der Waals surface area contributed by atoms with E-state index in [0.29, 0.717) is 12.8 Å². The van der Waals surface area contributed by atoms with Gasteiger partial charge in [0.15, 0.2) is 6.10 Å². The topological polar surface area (TPSA) is 172 Å².